The molecule has 0 heterocycles. The van der Waals surface area contributed by atoms with Crippen LogP contribution in [-0.4, -0.2) is 36.6 Å². The summed E-state index contributed by atoms with van der Waals surface area (Å²) < 4.78 is 11.1. The van der Waals surface area contributed by atoms with Crippen molar-refractivity contribution in [1.82, 2.24) is 0 Å². The smallest absolute Gasteiger partial charge is 0.130 e. The molecular formula is C32H52O4. The molecule has 0 aliphatic carbocycles. The fourth-order valence-corrected chi connectivity index (χ4v) is 4.16. The molecule has 0 aliphatic rings. The van der Waals surface area contributed by atoms with Gasteiger partial charge in [0.25, 0.3) is 0 Å². The second kappa shape index (κ2) is 23.5. The van der Waals surface area contributed by atoms with Gasteiger partial charge in [-0.05, 0) is 48.9 Å². The summed E-state index contributed by atoms with van der Waals surface area (Å²) in [5, 5.41) is 16.2. The first kappa shape index (κ1) is 32.1. The van der Waals surface area contributed by atoms with Crippen LogP contribution < -0.4 is 4.74 Å². The summed E-state index contributed by atoms with van der Waals surface area (Å²) in [5.41, 5.74) is 2.69. The van der Waals surface area contributed by atoms with Crippen LogP contribution in [-0.2, 0) is 17.6 Å². The molecule has 2 aromatic rings. The van der Waals surface area contributed by atoms with Crippen molar-refractivity contribution in [2.24, 2.45) is 0 Å². The summed E-state index contributed by atoms with van der Waals surface area (Å²) in [7, 11) is 0. The molecule has 0 spiro atoms. The maximum atomic E-state index is 8.09. The Labute approximate surface area is 221 Å². The Morgan fingerprint density at radius 2 is 0.917 bits per heavy atom. The lowest BCUT2D eigenvalue weighted by atomic mass is 10.0. The van der Waals surface area contributed by atoms with E-state index in [1.807, 2.05) is 0 Å². The van der Waals surface area contributed by atoms with E-state index in [1.54, 1.807) is 0 Å². The number of rotatable bonds is 20. The Morgan fingerprint density at radius 1 is 0.528 bits per heavy atom. The monoisotopic (exact) mass is 500 g/mol. The molecule has 0 unspecified atom stereocenters. The van der Waals surface area contributed by atoms with Crippen LogP contribution in [0.2, 0.25) is 0 Å². The van der Waals surface area contributed by atoms with Crippen molar-refractivity contribution in [3.05, 3.63) is 59.7 Å². The Morgan fingerprint density at radius 3 is 1.33 bits per heavy atom. The highest BCUT2D eigenvalue weighted by molar-refractivity contribution is 5.41. The number of hydrogen-bond acceptors (Lipinski definition) is 4. The number of ether oxygens (including phenoxy) is 2. The normalized spacial score (nSPS) is 10.7. The van der Waals surface area contributed by atoms with Gasteiger partial charge in [0.05, 0.1) is 26.4 Å². The average Bonchev–Trinajstić information content (AvgIpc) is 2.90. The predicted octanol–water partition coefficient (Wildman–Crippen LogP) is 8.27. The van der Waals surface area contributed by atoms with Gasteiger partial charge in [0.15, 0.2) is 0 Å². The fourth-order valence-electron chi connectivity index (χ4n) is 4.16. The van der Waals surface area contributed by atoms with Gasteiger partial charge in [-0.2, -0.15) is 0 Å². The highest BCUT2D eigenvalue weighted by atomic mass is 16.5. The molecule has 204 valence electrons. The molecule has 0 saturated carbocycles. The number of hydrogen-bond donors (Lipinski definition) is 2. The number of aliphatic hydroxyl groups excluding tert-OH is 2. The Balaban J connectivity index is 0.000000809. The van der Waals surface area contributed by atoms with E-state index in [2.05, 4.69) is 67.1 Å². The van der Waals surface area contributed by atoms with Gasteiger partial charge < -0.3 is 19.7 Å². The van der Waals surface area contributed by atoms with Crippen molar-refractivity contribution in [3.63, 3.8) is 0 Å². The Hall–Kier alpha value is -1.88. The SMILES string of the molecule is CCCCCCCCc1ccccc1Oc1ccccc1CCCCCCCC.OCCOCCO. The van der Waals surface area contributed by atoms with Crippen LogP contribution in [0.15, 0.2) is 48.5 Å². The van der Waals surface area contributed by atoms with Crippen LogP contribution in [0.25, 0.3) is 0 Å². The van der Waals surface area contributed by atoms with Crippen molar-refractivity contribution in [3.8, 4) is 11.5 Å². The molecule has 0 fully saturated rings. The highest BCUT2D eigenvalue weighted by Crippen LogP contribution is 2.30. The lowest BCUT2D eigenvalue weighted by Gasteiger charge is -2.14. The fraction of sp³-hybridized carbons (Fsp3) is 0.625. The zero-order valence-corrected chi connectivity index (χ0v) is 23.1. The van der Waals surface area contributed by atoms with Crippen LogP contribution in [0.3, 0.4) is 0 Å². The molecular weight excluding hydrogens is 448 g/mol. The minimum absolute atomic E-state index is 0.0278. The predicted molar refractivity (Wildman–Crippen MR) is 152 cm³/mol. The summed E-state index contributed by atoms with van der Waals surface area (Å²) in [6.45, 7) is 5.25. The van der Waals surface area contributed by atoms with Gasteiger partial charge in [0.1, 0.15) is 11.5 Å². The van der Waals surface area contributed by atoms with E-state index in [9.17, 15) is 0 Å². The van der Waals surface area contributed by atoms with Crippen LogP contribution in [0, 0.1) is 0 Å². The molecule has 0 aromatic heterocycles. The molecule has 0 atom stereocenters. The first-order chi connectivity index (χ1) is 17.8. The molecule has 4 nitrogen and oxygen atoms in total. The minimum atomic E-state index is 0.0278. The van der Waals surface area contributed by atoms with Gasteiger partial charge in [-0.1, -0.05) is 114 Å². The van der Waals surface area contributed by atoms with Gasteiger partial charge >= 0.3 is 0 Å². The van der Waals surface area contributed by atoms with Crippen LogP contribution in [0.5, 0.6) is 11.5 Å². The standard InChI is InChI=1S/C28H42O.C4H10O3/c1-3-5-7-9-11-13-19-25-21-15-17-23-27(25)29-28-24-18-16-22-26(28)20-14-12-10-8-6-4-2;5-1-3-7-4-2-6/h15-18,21-24H,3-14,19-20H2,1-2H3;5-6H,1-4H2. The van der Waals surface area contributed by atoms with Gasteiger partial charge in [0.2, 0.25) is 0 Å². The summed E-state index contributed by atoms with van der Waals surface area (Å²) in [6.07, 6.45) is 18.2. The Kier molecular flexibility index (Phi) is 21.0. The molecule has 2 rings (SSSR count). The number of unbranched alkanes of at least 4 members (excludes halogenated alkanes) is 10. The first-order valence-electron chi connectivity index (χ1n) is 14.4. The minimum Gasteiger partial charge on any atom is -0.457 e. The summed E-state index contributed by atoms with van der Waals surface area (Å²) in [4.78, 5) is 0. The molecule has 0 bridgehead atoms. The number of benzene rings is 2. The van der Waals surface area contributed by atoms with Gasteiger partial charge in [0, 0.05) is 0 Å². The van der Waals surface area contributed by atoms with Crippen LogP contribution >= 0.6 is 0 Å². The molecule has 0 radical (unpaired) electrons. The zero-order valence-electron chi connectivity index (χ0n) is 23.1. The second-order valence-electron chi connectivity index (χ2n) is 9.41. The lowest BCUT2D eigenvalue weighted by molar-refractivity contribution is 0.0650. The van der Waals surface area contributed by atoms with E-state index in [1.165, 1.54) is 88.2 Å². The number of aryl methyl sites for hydroxylation is 2. The molecule has 0 amide bonds. The summed E-state index contributed by atoms with van der Waals surface area (Å²) in [6, 6.07) is 17.2. The molecule has 2 aromatic carbocycles. The third kappa shape index (κ3) is 16.0. The third-order valence-electron chi connectivity index (χ3n) is 6.24. The molecule has 4 heteroatoms. The quantitative estimate of drug-likeness (QED) is 0.180. The van der Waals surface area contributed by atoms with Crippen LogP contribution in [0.4, 0.5) is 0 Å². The average molecular weight is 501 g/mol. The van der Waals surface area contributed by atoms with E-state index in [0.29, 0.717) is 13.2 Å². The summed E-state index contributed by atoms with van der Waals surface area (Å²) in [5.74, 6) is 2.08. The van der Waals surface area contributed by atoms with E-state index in [4.69, 9.17) is 14.9 Å². The van der Waals surface area contributed by atoms with Crippen molar-refractivity contribution in [2.45, 2.75) is 104 Å². The van der Waals surface area contributed by atoms with Crippen LogP contribution in [0.1, 0.15) is 102 Å². The van der Waals surface area contributed by atoms with Crippen molar-refractivity contribution >= 4 is 0 Å². The maximum absolute atomic E-state index is 8.09. The lowest BCUT2D eigenvalue weighted by Crippen LogP contribution is -2.03. The van der Waals surface area contributed by atoms with Crippen molar-refractivity contribution < 1.29 is 19.7 Å². The highest BCUT2D eigenvalue weighted by Gasteiger charge is 2.08. The molecule has 0 saturated heterocycles. The van der Waals surface area contributed by atoms with Crippen molar-refractivity contribution in [1.29, 1.82) is 0 Å². The van der Waals surface area contributed by atoms with E-state index >= 15 is 0 Å². The topological polar surface area (TPSA) is 58.9 Å². The number of aliphatic hydroxyl groups is 2. The third-order valence-corrected chi connectivity index (χ3v) is 6.24. The van der Waals surface area contributed by atoms with Crippen molar-refractivity contribution in [2.75, 3.05) is 26.4 Å². The summed E-state index contributed by atoms with van der Waals surface area (Å²) >= 11 is 0. The first-order valence-corrected chi connectivity index (χ1v) is 14.4. The van der Waals surface area contributed by atoms with Gasteiger partial charge in [-0.15, -0.1) is 0 Å². The number of para-hydroxylation sites is 2. The van der Waals surface area contributed by atoms with Gasteiger partial charge in [-0.25, -0.2) is 0 Å². The molecule has 0 aliphatic heterocycles. The van der Waals surface area contributed by atoms with E-state index in [-0.39, 0.29) is 13.2 Å². The zero-order chi connectivity index (χ0) is 26.1. The molecule has 2 N–H and O–H groups in total. The van der Waals surface area contributed by atoms with E-state index < -0.39 is 0 Å². The largest absolute Gasteiger partial charge is 0.457 e. The molecule has 36 heavy (non-hydrogen) atoms. The van der Waals surface area contributed by atoms with Gasteiger partial charge in [-0.3, -0.25) is 0 Å². The maximum Gasteiger partial charge on any atom is 0.130 e. The second-order valence-corrected chi connectivity index (χ2v) is 9.41. The Bertz CT molecular complexity index is 685. The van der Waals surface area contributed by atoms with E-state index in [0.717, 1.165) is 24.3 Å².